The zero-order valence-corrected chi connectivity index (χ0v) is 12.6. The van der Waals surface area contributed by atoms with Gasteiger partial charge in [0.05, 0.1) is 0 Å². The largest absolute Gasteiger partial charge is 1.00 e. The van der Waals surface area contributed by atoms with Crippen LogP contribution in [0.5, 0.6) is 5.75 Å². The second kappa shape index (κ2) is 8.10. The Bertz CT molecular complexity index is 525. The van der Waals surface area contributed by atoms with Crippen molar-refractivity contribution < 1.29 is 22.3 Å². The molecule has 3 nitrogen and oxygen atoms in total. The van der Waals surface area contributed by atoms with Crippen LogP contribution in [0, 0.1) is 0 Å². The quantitative estimate of drug-likeness (QED) is 0.761. The lowest BCUT2D eigenvalue weighted by atomic mass is 10.1. The third-order valence-electron chi connectivity index (χ3n) is 2.94. The number of hydrogen-bond donors (Lipinski definition) is 2. The average molecular weight is 295 g/mol. The van der Waals surface area contributed by atoms with Gasteiger partial charge in [-0.05, 0) is 11.5 Å². The van der Waals surface area contributed by atoms with Crippen molar-refractivity contribution in [3.05, 3.63) is 42.5 Å². The predicted molar refractivity (Wildman–Crippen MR) is 78.6 cm³/mol. The lowest BCUT2D eigenvalue weighted by molar-refractivity contribution is -0.00000575. The molecule has 4 heteroatoms. The molecule has 0 saturated carbocycles. The summed E-state index contributed by atoms with van der Waals surface area (Å²) >= 11 is 0. The van der Waals surface area contributed by atoms with E-state index >= 15 is 0 Å². The lowest BCUT2D eigenvalue weighted by Gasteiger charge is -2.15. The molecule has 0 radical (unpaired) electrons. The van der Waals surface area contributed by atoms with Crippen LogP contribution in [-0.4, -0.2) is 30.4 Å². The number of hydrogen-bond acceptors (Lipinski definition) is 3. The summed E-state index contributed by atoms with van der Waals surface area (Å²) in [5.41, 5.74) is 0. The van der Waals surface area contributed by atoms with E-state index in [0.29, 0.717) is 19.2 Å². The van der Waals surface area contributed by atoms with E-state index < -0.39 is 6.10 Å². The SMILES string of the molecule is CC(C)NC[C@@H](O)COc1cccc2ccccc12.[Cl-]. The Hall–Kier alpha value is -1.29. The highest BCUT2D eigenvalue weighted by atomic mass is 35.5. The number of halogens is 1. The molecule has 0 aliphatic heterocycles. The molecule has 0 amide bonds. The van der Waals surface area contributed by atoms with Crippen molar-refractivity contribution in [2.45, 2.75) is 26.0 Å². The fourth-order valence-corrected chi connectivity index (χ4v) is 1.94. The monoisotopic (exact) mass is 294 g/mol. The van der Waals surface area contributed by atoms with Crippen molar-refractivity contribution in [2.75, 3.05) is 13.2 Å². The van der Waals surface area contributed by atoms with Crippen LogP contribution >= 0.6 is 0 Å². The first-order valence-electron chi connectivity index (χ1n) is 6.69. The number of aliphatic hydroxyl groups is 1. The molecule has 0 saturated heterocycles. The maximum atomic E-state index is 9.84. The number of nitrogens with one attached hydrogen (secondary N) is 1. The van der Waals surface area contributed by atoms with Crippen LogP contribution in [0.1, 0.15) is 13.8 Å². The van der Waals surface area contributed by atoms with E-state index in [4.69, 9.17) is 4.74 Å². The molecule has 0 fully saturated rings. The Labute approximate surface area is 126 Å². The van der Waals surface area contributed by atoms with Crippen LogP contribution in [0.2, 0.25) is 0 Å². The fourth-order valence-electron chi connectivity index (χ4n) is 1.94. The normalized spacial score (nSPS) is 12.2. The molecule has 0 unspecified atom stereocenters. The van der Waals surface area contributed by atoms with Crippen molar-refractivity contribution in [3.8, 4) is 5.75 Å². The summed E-state index contributed by atoms with van der Waals surface area (Å²) in [4.78, 5) is 0. The van der Waals surface area contributed by atoms with Crippen molar-refractivity contribution in [1.29, 1.82) is 0 Å². The molecule has 2 aromatic carbocycles. The van der Waals surface area contributed by atoms with Crippen LogP contribution in [0.4, 0.5) is 0 Å². The number of ether oxygens (including phenoxy) is 1. The van der Waals surface area contributed by atoms with Gasteiger partial charge in [-0.15, -0.1) is 0 Å². The van der Waals surface area contributed by atoms with Crippen molar-refractivity contribution >= 4 is 10.8 Å². The van der Waals surface area contributed by atoms with Gasteiger partial charge < -0.3 is 27.6 Å². The smallest absolute Gasteiger partial charge is 0.127 e. The molecule has 0 heterocycles. The molecular weight excluding hydrogens is 274 g/mol. The Kier molecular flexibility index (Phi) is 6.79. The molecule has 110 valence electrons. The molecule has 1 atom stereocenters. The summed E-state index contributed by atoms with van der Waals surface area (Å²) in [5, 5.41) is 15.3. The first kappa shape index (κ1) is 16.8. The zero-order chi connectivity index (χ0) is 13.7. The van der Waals surface area contributed by atoms with Gasteiger partial charge in [-0.25, -0.2) is 0 Å². The van der Waals surface area contributed by atoms with E-state index in [1.165, 1.54) is 0 Å². The maximum Gasteiger partial charge on any atom is 0.127 e. The molecule has 20 heavy (non-hydrogen) atoms. The number of rotatable bonds is 6. The number of aliphatic hydroxyl groups excluding tert-OH is 1. The first-order chi connectivity index (χ1) is 9.16. The van der Waals surface area contributed by atoms with Crippen LogP contribution in [0.3, 0.4) is 0 Å². The lowest BCUT2D eigenvalue weighted by Crippen LogP contribution is -3.00. The molecular formula is C16H21ClNO2-. The number of benzene rings is 2. The zero-order valence-electron chi connectivity index (χ0n) is 11.8. The third-order valence-corrected chi connectivity index (χ3v) is 2.94. The minimum absolute atomic E-state index is 0. The summed E-state index contributed by atoms with van der Waals surface area (Å²) in [7, 11) is 0. The van der Waals surface area contributed by atoms with E-state index in [9.17, 15) is 5.11 Å². The standard InChI is InChI=1S/C16H21NO2.ClH/c1-12(2)17-10-14(18)11-19-16-9-5-7-13-6-3-4-8-15(13)16;/h3-9,12,14,17-18H,10-11H2,1-2H3;1H/p-1/t14-;/m1./s1. The topological polar surface area (TPSA) is 41.5 Å². The van der Waals surface area contributed by atoms with Gasteiger partial charge in [0, 0.05) is 18.0 Å². The van der Waals surface area contributed by atoms with Crippen LogP contribution < -0.4 is 22.5 Å². The van der Waals surface area contributed by atoms with Crippen LogP contribution in [0.25, 0.3) is 10.8 Å². The third kappa shape index (κ3) is 4.67. The second-order valence-electron chi connectivity index (χ2n) is 5.01. The van der Waals surface area contributed by atoms with E-state index in [1.54, 1.807) is 0 Å². The molecule has 2 aromatic rings. The highest BCUT2D eigenvalue weighted by molar-refractivity contribution is 5.88. The highest BCUT2D eigenvalue weighted by Gasteiger charge is 2.07. The molecule has 0 bridgehead atoms. The first-order valence-corrected chi connectivity index (χ1v) is 6.69. The Morgan fingerprint density at radius 3 is 2.55 bits per heavy atom. The van der Waals surface area contributed by atoms with E-state index in [0.717, 1.165) is 16.5 Å². The molecule has 2 rings (SSSR count). The van der Waals surface area contributed by atoms with Gasteiger partial charge in [0.15, 0.2) is 0 Å². The summed E-state index contributed by atoms with van der Waals surface area (Å²) in [6.45, 7) is 4.95. The summed E-state index contributed by atoms with van der Waals surface area (Å²) in [6.07, 6.45) is -0.499. The molecule has 0 aliphatic rings. The van der Waals surface area contributed by atoms with Gasteiger partial charge in [0.1, 0.15) is 18.5 Å². The van der Waals surface area contributed by atoms with E-state index in [1.807, 2.05) is 30.3 Å². The molecule has 0 aromatic heterocycles. The van der Waals surface area contributed by atoms with Gasteiger partial charge in [0.2, 0.25) is 0 Å². The van der Waals surface area contributed by atoms with Crippen molar-refractivity contribution in [2.24, 2.45) is 0 Å². The van der Waals surface area contributed by atoms with Crippen molar-refractivity contribution in [1.82, 2.24) is 5.32 Å². The van der Waals surface area contributed by atoms with Crippen LogP contribution in [-0.2, 0) is 0 Å². The van der Waals surface area contributed by atoms with Crippen molar-refractivity contribution in [3.63, 3.8) is 0 Å². The minimum Gasteiger partial charge on any atom is -1.00 e. The summed E-state index contributed by atoms with van der Waals surface area (Å²) in [5.74, 6) is 0.821. The summed E-state index contributed by atoms with van der Waals surface area (Å²) in [6, 6.07) is 14.4. The molecule has 2 N–H and O–H groups in total. The Balaban J connectivity index is 0.00000200. The second-order valence-corrected chi connectivity index (χ2v) is 5.01. The maximum absolute atomic E-state index is 9.84. The fraction of sp³-hybridized carbons (Fsp3) is 0.375. The minimum atomic E-state index is -0.499. The Morgan fingerprint density at radius 2 is 1.80 bits per heavy atom. The van der Waals surface area contributed by atoms with Gasteiger partial charge >= 0.3 is 0 Å². The molecule has 0 spiro atoms. The predicted octanol–water partition coefficient (Wildman–Crippen LogP) is -0.418. The average Bonchev–Trinajstić information content (AvgIpc) is 2.42. The summed E-state index contributed by atoms with van der Waals surface area (Å²) < 4.78 is 5.72. The van der Waals surface area contributed by atoms with Gasteiger partial charge in [-0.3, -0.25) is 0 Å². The van der Waals surface area contributed by atoms with Gasteiger partial charge in [-0.2, -0.15) is 0 Å². The Morgan fingerprint density at radius 1 is 1.10 bits per heavy atom. The van der Waals surface area contributed by atoms with E-state index in [2.05, 4.69) is 31.3 Å². The van der Waals surface area contributed by atoms with Crippen LogP contribution in [0.15, 0.2) is 42.5 Å². The molecule has 0 aliphatic carbocycles. The number of fused-ring (bicyclic) bond motifs is 1. The highest BCUT2D eigenvalue weighted by Crippen LogP contribution is 2.25. The van der Waals surface area contributed by atoms with Gasteiger partial charge in [0.25, 0.3) is 0 Å². The van der Waals surface area contributed by atoms with E-state index in [-0.39, 0.29) is 12.4 Å². The van der Waals surface area contributed by atoms with Gasteiger partial charge in [-0.1, -0.05) is 50.2 Å².